The SMILES string of the molecule is COc1cccc(C(=O)NC2(C)C(C)c3ccc(C)cc3C2O)c1C. The van der Waals surface area contributed by atoms with Crippen LogP contribution in [-0.4, -0.2) is 23.7 Å². The summed E-state index contributed by atoms with van der Waals surface area (Å²) in [4.78, 5) is 12.9. The number of carbonyl (C=O) groups excluding carboxylic acids is 1. The van der Waals surface area contributed by atoms with Gasteiger partial charge < -0.3 is 15.2 Å². The van der Waals surface area contributed by atoms with Gasteiger partial charge >= 0.3 is 0 Å². The Labute approximate surface area is 148 Å². The first kappa shape index (κ1) is 17.5. The number of aliphatic hydroxyl groups is 1. The lowest BCUT2D eigenvalue weighted by Crippen LogP contribution is -2.51. The number of hydrogen-bond donors (Lipinski definition) is 2. The molecule has 0 radical (unpaired) electrons. The third kappa shape index (κ3) is 2.71. The molecule has 2 aromatic carbocycles. The van der Waals surface area contributed by atoms with E-state index in [9.17, 15) is 9.90 Å². The van der Waals surface area contributed by atoms with E-state index in [2.05, 4.69) is 5.32 Å². The fourth-order valence-corrected chi connectivity index (χ4v) is 3.78. The Kier molecular flexibility index (Phi) is 4.33. The molecule has 1 aliphatic carbocycles. The van der Waals surface area contributed by atoms with Crippen molar-refractivity contribution in [2.75, 3.05) is 7.11 Å². The van der Waals surface area contributed by atoms with Crippen LogP contribution in [0.2, 0.25) is 0 Å². The fraction of sp³-hybridized carbons (Fsp3) is 0.381. The minimum absolute atomic E-state index is 0.00737. The fourth-order valence-electron chi connectivity index (χ4n) is 3.78. The van der Waals surface area contributed by atoms with Gasteiger partial charge in [-0.25, -0.2) is 0 Å². The van der Waals surface area contributed by atoms with Crippen LogP contribution < -0.4 is 10.1 Å². The second kappa shape index (κ2) is 6.19. The molecule has 0 saturated carbocycles. The maximum Gasteiger partial charge on any atom is 0.252 e. The third-order valence-electron chi connectivity index (χ3n) is 5.60. The molecule has 2 N–H and O–H groups in total. The average Bonchev–Trinajstić information content (AvgIpc) is 2.76. The number of benzene rings is 2. The second-order valence-corrected chi connectivity index (χ2v) is 7.13. The number of aliphatic hydroxyl groups excluding tert-OH is 1. The van der Waals surface area contributed by atoms with E-state index >= 15 is 0 Å². The smallest absolute Gasteiger partial charge is 0.252 e. The second-order valence-electron chi connectivity index (χ2n) is 7.13. The molecule has 1 amide bonds. The van der Waals surface area contributed by atoms with Crippen LogP contribution in [0.25, 0.3) is 0 Å². The first-order valence-electron chi connectivity index (χ1n) is 8.54. The Morgan fingerprint density at radius 1 is 1.20 bits per heavy atom. The van der Waals surface area contributed by atoms with Crippen LogP contribution in [0.15, 0.2) is 36.4 Å². The first-order chi connectivity index (χ1) is 11.8. The molecule has 0 aromatic heterocycles. The van der Waals surface area contributed by atoms with Crippen molar-refractivity contribution >= 4 is 5.91 Å². The van der Waals surface area contributed by atoms with E-state index in [1.54, 1.807) is 19.2 Å². The zero-order valence-corrected chi connectivity index (χ0v) is 15.4. The van der Waals surface area contributed by atoms with E-state index in [4.69, 9.17) is 4.74 Å². The highest BCUT2D eigenvalue weighted by molar-refractivity contribution is 5.97. The Hall–Kier alpha value is -2.33. The third-order valence-corrected chi connectivity index (χ3v) is 5.60. The van der Waals surface area contributed by atoms with Crippen molar-refractivity contribution in [3.8, 4) is 5.75 Å². The van der Waals surface area contributed by atoms with Crippen molar-refractivity contribution in [3.63, 3.8) is 0 Å². The summed E-state index contributed by atoms with van der Waals surface area (Å²) >= 11 is 0. The number of amides is 1. The largest absolute Gasteiger partial charge is 0.496 e. The van der Waals surface area contributed by atoms with E-state index in [0.717, 1.165) is 22.3 Å². The quantitative estimate of drug-likeness (QED) is 0.897. The summed E-state index contributed by atoms with van der Waals surface area (Å²) in [6.07, 6.45) is -0.743. The zero-order chi connectivity index (χ0) is 18.4. The van der Waals surface area contributed by atoms with Gasteiger partial charge in [0.15, 0.2) is 0 Å². The Bertz CT molecular complexity index is 830. The molecule has 132 valence electrons. The van der Waals surface area contributed by atoms with Gasteiger partial charge in [0.2, 0.25) is 0 Å². The first-order valence-corrected chi connectivity index (χ1v) is 8.54. The van der Waals surface area contributed by atoms with Crippen LogP contribution in [0.5, 0.6) is 5.75 Å². The van der Waals surface area contributed by atoms with Gasteiger partial charge in [-0.2, -0.15) is 0 Å². The molecule has 4 nitrogen and oxygen atoms in total. The molecule has 0 aliphatic heterocycles. The molecule has 0 bridgehead atoms. The number of carbonyl (C=O) groups is 1. The maximum atomic E-state index is 12.9. The molecular weight excluding hydrogens is 314 g/mol. The van der Waals surface area contributed by atoms with E-state index in [0.29, 0.717) is 11.3 Å². The highest BCUT2D eigenvalue weighted by Gasteiger charge is 2.48. The molecule has 0 heterocycles. The van der Waals surface area contributed by atoms with E-state index in [-0.39, 0.29) is 11.8 Å². The van der Waals surface area contributed by atoms with Crippen molar-refractivity contribution in [2.45, 2.75) is 45.3 Å². The highest BCUT2D eigenvalue weighted by Crippen LogP contribution is 2.48. The topological polar surface area (TPSA) is 58.6 Å². The van der Waals surface area contributed by atoms with Gasteiger partial charge in [-0.15, -0.1) is 0 Å². The lowest BCUT2D eigenvalue weighted by Gasteiger charge is -2.34. The molecule has 0 saturated heterocycles. The normalized spacial score (nSPS) is 24.7. The highest BCUT2D eigenvalue weighted by atomic mass is 16.5. The predicted octanol–water partition coefficient (Wildman–Crippen LogP) is 3.65. The summed E-state index contributed by atoms with van der Waals surface area (Å²) in [6, 6.07) is 11.5. The number of hydrogen-bond acceptors (Lipinski definition) is 3. The molecule has 4 heteroatoms. The Balaban J connectivity index is 1.94. The predicted molar refractivity (Wildman–Crippen MR) is 98.2 cm³/mol. The number of aryl methyl sites for hydroxylation is 1. The van der Waals surface area contributed by atoms with Crippen LogP contribution in [0, 0.1) is 13.8 Å². The van der Waals surface area contributed by atoms with Crippen molar-refractivity contribution in [1.29, 1.82) is 0 Å². The minimum atomic E-state index is -0.761. The standard InChI is InChI=1S/C21H25NO3/c1-12-9-10-16-14(3)21(4,19(23)17(16)11-12)22-20(24)15-7-6-8-18(25-5)13(15)2/h6-11,14,19,23H,1-5H3,(H,22,24). The summed E-state index contributed by atoms with van der Waals surface area (Å²) in [5.41, 5.74) is 3.68. The number of methoxy groups -OCH3 is 1. The lowest BCUT2D eigenvalue weighted by molar-refractivity contribution is 0.0581. The van der Waals surface area contributed by atoms with Crippen LogP contribution in [0.1, 0.15) is 58.5 Å². The van der Waals surface area contributed by atoms with Gasteiger partial charge in [0.05, 0.1) is 12.6 Å². The molecule has 3 rings (SSSR count). The van der Waals surface area contributed by atoms with E-state index in [1.807, 2.05) is 52.0 Å². The van der Waals surface area contributed by atoms with Crippen molar-refractivity contribution in [1.82, 2.24) is 5.32 Å². The molecule has 25 heavy (non-hydrogen) atoms. The van der Waals surface area contributed by atoms with E-state index < -0.39 is 11.6 Å². The van der Waals surface area contributed by atoms with Gasteiger partial charge in [-0.05, 0) is 44.0 Å². The monoisotopic (exact) mass is 339 g/mol. The Morgan fingerprint density at radius 2 is 1.92 bits per heavy atom. The lowest BCUT2D eigenvalue weighted by atomic mass is 9.86. The van der Waals surface area contributed by atoms with Crippen molar-refractivity contribution in [2.24, 2.45) is 0 Å². The van der Waals surface area contributed by atoms with Crippen molar-refractivity contribution in [3.05, 3.63) is 64.2 Å². The van der Waals surface area contributed by atoms with Gasteiger partial charge in [0, 0.05) is 17.0 Å². The summed E-state index contributed by atoms with van der Waals surface area (Å²) in [6.45, 7) is 7.82. The molecule has 3 unspecified atom stereocenters. The number of fused-ring (bicyclic) bond motifs is 1. The molecule has 1 aliphatic rings. The summed E-state index contributed by atoms with van der Waals surface area (Å²) in [5, 5.41) is 14.0. The summed E-state index contributed by atoms with van der Waals surface area (Å²) in [5.74, 6) is 0.485. The van der Waals surface area contributed by atoms with Gasteiger partial charge in [0.1, 0.15) is 11.9 Å². The summed E-state index contributed by atoms with van der Waals surface area (Å²) < 4.78 is 5.31. The van der Waals surface area contributed by atoms with Crippen LogP contribution in [-0.2, 0) is 0 Å². The number of nitrogens with one attached hydrogen (secondary N) is 1. The molecular formula is C21H25NO3. The summed E-state index contributed by atoms with van der Waals surface area (Å²) in [7, 11) is 1.59. The Morgan fingerprint density at radius 3 is 2.60 bits per heavy atom. The molecule has 0 fully saturated rings. The minimum Gasteiger partial charge on any atom is -0.496 e. The average molecular weight is 339 g/mol. The van der Waals surface area contributed by atoms with Crippen LogP contribution in [0.3, 0.4) is 0 Å². The van der Waals surface area contributed by atoms with E-state index in [1.165, 1.54) is 0 Å². The molecule has 2 aromatic rings. The van der Waals surface area contributed by atoms with Gasteiger partial charge in [-0.1, -0.05) is 36.8 Å². The zero-order valence-electron chi connectivity index (χ0n) is 15.4. The van der Waals surface area contributed by atoms with Crippen LogP contribution >= 0.6 is 0 Å². The number of rotatable bonds is 3. The molecule has 0 spiro atoms. The maximum absolute atomic E-state index is 12.9. The molecule has 3 atom stereocenters. The van der Waals surface area contributed by atoms with Crippen LogP contribution in [0.4, 0.5) is 0 Å². The van der Waals surface area contributed by atoms with Crippen molar-refractivity contribution < 1.29 is 14.6 Å². The van der Waals surface area contributed by atoms with Gasteiger partial charge in [0.25, 0.3) is 5.91 Å². The number of ether oxygens (including phenoxy) is 1. The van der Waals surface area contributed by atoms with Gasteiger partial charge in [-0.3, -0.25) is 4.79 Å².